The topological polar surface area (TPSA) is 29.5 Å². The Morgan fingerprint density at radius 1 is 1.38 bits per heavy atom. The van der Waals surface area contributed by atoms with E-state index in [1.807, 2.05) is 24.3 Å². The lowest BCUT2D eigenvalue weighted by Gasteiger charge is -2.22. The van der Waals surface area contributed by atoms with E-state index in [4.69, 9.17) is 4.74 Å². The molecule has 0 saturated heterocycles. The minimum absolute atomic E-state index is 0.0595. The van der Waals surface area contributed by atoms with Crippen LogP contribution in [0.5, 0.6) is 0 Å². The highest BCUT2D eigenvalue weighted by molar-refractivity contribution is 5.72. The molecule has 66 valence electrons. The van der Waals surface area contributed by atoms with Crippen LogP contribution < -0.4 is 0 Å². The summed E-state index contributed by atoms with van der Waals surface area (Å²) in [7, 11) is 0. The summed E-state index contributed by atoms with van der Waals surface area (Å²) in [6, 6.07) is 8.05. The van der Waals surface area contributed by atoms with Gasteiger partial charge in [-0.3, -0.25) is 0 Å². The van der Waals surface area contributed by atoms with Gasteiger partial charge in [-0.2, -0.15) is 0 Å². The fraction of sp³-hybridized carbons (Fsp3) is 0.273. The van der Waals surface area contributed by atoms with E-state index < -0.39 is 5.60 Å². The number of ether oxygens (including phenoxy) is 1. The van der Waals surface area contributed by atoms with E-state index in [-0.39, 0.29) is 6.61 Å². The van der Waals surface area contributed by atoms with Gasteiger partial charge in [0.05, 0.1) is 6.61 Å². The summed E-state index contributed by atoms with van der Waals surface area (Å²) in [5.41, 5.74) is 1.82. The van der Waals surface area contributed by atoms with Crippen molar-refractivity contribution in [3.05, 3.63) is 41.5 Å². The molecule has 3 rings (SSSR count). The molecule has 0 aliphatic carbocycles. The van der Waals surface area contributed by atoms with Gasteiger partial charge in [0, 0.05) is 17.5 Å². The predicted molar refractivity (Wildman–Crippen MR) is 48.9 cm³/mol. The minimum Gasteiger partial charge on any atom is -0.479 e. The first-order valence-electron chi connectivity index (χ1n) is 4.46. The van der Waals surface area contributed by atoms with Crippen molar-refractivity contribution >= 4 is 5.76 Å². The van der Waals surface area contributed by atoms with Gasteiger partial charge in [-0.1, -0.05) is 24.3 Å². The number of aliphatic hydroxyl groups is 1. The Bertz CT molecular complexity index is 395. The maximum atomic E-state index is 9.33. The molecular weight excluding hydrogens is 164 g/mol. The summed E-state index contributed by atoms with van der Waals surface area (Å²) in [4.78, 5) is 0. The standard InChI is InChI=1S/C11H10O2/c12-7-11-6-5-10(13-11)8-3-1-2-4-9(8)11/h1-5,12H,6-7H2. The molecule has 0 aromatic heterocycles. The molecule has 2 bridgehead atoms. The van der Waals surface area contributed by atoms with Gasteiger partial charge in [-0.05, 0) is 6.08 Å². The Kier molecular flexibility index (Phi) is 1.18. The number of benzene rings is 1. The molecule has 2 aliphatic rings. The van der Waals surface area contributed by atoms with Gasteiger partial charge in [0.15, 0.2) is 5.60 Å². The molecule has 2 heteroatoms. The van der Waals surface area contributed by atoms with Crippen molar-refractivity contribution in [2.24, 2.45) is 0 Å². The molecule has 0 amide bonds. The van der Waals surface area contributed by atoms with Crippen LogP contribution in [0, 0.1) is 0 Å². The quantitative estimate of drug-likeness (QED) is 0.701. The molecule has 1 N–H and O–H groups in total. The van der Waals surface area contributed by atoms with E-state index in [0.717, 1.165) is 23.3 Å². The van der Waals surface area contributed by atoms with Crippen molar-refractivity contribution in [1.82, 2.24) is 0 Å². The molecule has 0 radical (unpaired) electrons. The summed E-state index contributed by atoms with van der Waals surface area (Å²) < 4.78 is 5.69. The van der Waals surface area contributed by atoms with Crippen molar-refractivity contribution in [2.75, 3.05) is 6.61 Å². The number of hydrogen-bond donors (Lipinski definition) is 1. The molecule has 1 atom stereocenters. The molecule has 2 aliphatic heterocycles. The van der Waals surface area contributed by atoms with Crippen molar-refractivity contribution in [3.8, 4) is 0 Å². The second kappa shape index (κ2) is 2.15. The highest BCUT2D eigenvalue weighted by Crippen LogP contribution is 2.50. The second-order valence-electron chi connectivity index (χ2n) is 3.57. The maximum Gasteiger partial charge on any atom is 0.161 e. The number of rotatable bonds is 1. The lowest BCUT2D eigenvalue weighted by atomic mass is 9.87. The number of fused-ring (bicyclic) bond motifs is 5. The molecule has 0 saturated carbocycles. The van der Waals surface area contributed by atoms with Gasteiger partial charge in [-0.25, -0.2) is 0 Å². The molecule has 0 fully saturated rings. The van der Waals surface area contributed by atoms with E-state index in [1.165, 1.54) is 0 Å². The zero-order valence-corrected chi connectivity index (χ0v) is 7.16. The van der Waals surface area contributed by atoms with Crippen molar-refractivity contribution < 1.29 is 9.84 Å². The smallest absolute Gasteiger partial charge is 0.161 e. The fourth-order valence-corrected chi connectivity index (χ4v) is 2.16. The zero-order chi connectivity index (χ0) is 8.89. The highest BCUT2D eigenvalue weighted by Gasteiger charge is 2.46. The van der Waals surface area contributed by atoms with Crippen LogP contribution in [-0.4, -0.2) is 11.7 Å². The van der Waals surface area contributed by atoms with Gasteiger partial charge in [0.2, 0.25) is 0 Å². The Balaban J connectivity index is 2.27. The molecule has 1 aromatic rings. The fourth-order valence-electron chi connectivity index (χ4n) is 2.16. The van der Waals surface area contributed by atoms with Crippen LogP contribution in [0.4, 0.5) is 0 Å². The van der Waals surface area contributed by atoms with E-state index in [1.54, 1.807) is 0 Å². The molecule has 1 unspecified atom stereocenters. The average molecular weight is 174 g/mol. The zero-order valence-electron chi connectivity index (χ0n) is 7.16. The number of hydrogen-bond acceptors (Lipinski definition) is 2. The summed E-state index contributed by atoms with van der Waals surface area (Å²) in [5, 5.41) is 9.33. The van der Waals surface area contributed by atoms with Crippen LogP contribution in [0.2, 0.25) is 0 Å². The Labute approximate surface area is 76.5 Å². The van der Waals surface area contributed by atoms with Gasteiger partial charge < -0.3 is 9.84 Å². The lowest BCUT2D eigenvalue weighted by Crippen LogP contribution is -2.27. The van der Waals surface area contributed by atoms with Gasteiger partial charge >= 0.3 is 0 Å². The minimum atomic E-state index is -0.452. The van der Waals surface area contributed by atoms with E-state index >= 15 is 0 Å². The molecule has 13 heavy (non-hydrogen) atoms. The third kappa shape index (κ3) is 0.717. The number of aliphatic hydroxyl groups excluding tert-OH is 1. The lowest BCUT2D eigenvalue weighted by molar-refractivity contribution is 0.0104. The molecule has 2 nitrogen and oxygen atoms in total. The first-order chi connectivity index (χ1) is 6.36. The van der Waals surface area contributed by atoms with Crippen LogP contribution >= 0.6 is 0 Å². The molecule has 0 spiro atoms. The summed E-state index contributed by atoms with van der Waals surface area (Å²) in [6.45, 7) is 0.0595. The average Bonchev–Trinajstić information content (AvgIpc) is 2.75. The van der Waals surface area contributed by atoms with E-state index in [2.05, 4.69) is 6.08 Å². The van der Waals surface area contributed by atoms with Crippen molar-refractivity contribution in [2.45, 2.75) is 12.0 Å². The first-order valence-corrected chi connectivity index (χ1v) is 4.46. The monoisotopic (exact) mass is 174 g/mol. The molecule has 1 aromatic carbocycles. The van der Waals surface area contributed by atoms with Crippen molar-refractivity contribution in [1.29, 1.82) is 0 Å². The normalized spacial score (nSPS) is 28.2. The van der Waals surface area contributed by atoms with Crippen LogP contribution in [0.15, 0.2) is 30.3 Å². The largest absolute Gasteiger partial charge is 0.479 e. The molecular formula is C11H10O2. The predicted octanol–water partition coefficient (Wildman–Crippen LogP) is 1.65. The summed E-state index contributed by atoms with van der Waals surface area (Å²) >= 11 is 0. The molecule has 2 heterocycles. The summed E-state index contributed by atoms with van der Waals surface area (Å²) in [6.07, 6.45) is 2.86. The Hall–Kier alpha value is -1.28. The summed E-state index contributed by atoms with van der Waals surface area (Å²) in [5.74, 6) is 0.935. The Morgan fingerprint density at radius 3 is 3.08 bits per heavy atom. The van der Waals surface area contributed by atoms with Crippen LogP contribution in [0.3, 0.4) is 0 Å². The Morgan fingerprint density at radius 2 is 2.23 bits per heavy atom. The third-order valence-corrected chi connectivity index (χ3v) is 2.86. The van der Waals surface area contributed by atoms with Gasteiger partial charge in [-0.15, -0.1) is 0 Å². The van der Waals surface area contributed by atoms with Crippen LogP contribution in [-0.2, 0) is 10.3 Å². The first kappa shape index (κ1) is 7.15. The van der Waals surface area contributed by atoms with Crippen LogP contribution in [0.25, 0.3) is 5.76 Å². The van der Waals surface area contributed by atoms with Gasteiger partial charge in [0.25, 0.3) is 0 Å². The maximum absolute atomic E-state index is 9.33. The van der Waals surface area contributed by atoms with Gasteiger partial charge in [0.1, 0.15) is 5.76 Å². The van der Waals surface area contributed by atoms with Crippen molar-refractivity contribution in [3.63, 3.8) is 0 Å². The van der Waals surface area contributed by atoms with E-state index in [9.17, 15) is 5.11 Å². The SMILES string of the molecule is OCC12CC=C(O1)c1ccccc12. The third-order valence-electron chi connectivity index (χ3n) is 2.86. The second-order valence-corrected chi connectivity index (χ2v) is 3.57. The highest BCUT2D eigenvalue weighted by atomic mass is 16.5. The van der Waals surface area contributed by atoms with E-state index in [0.29, 0.717) is 0 Å². The van der Waals surface area contributed by atoms with Crippen LogP contribution in [0.1, 0.15) is 17.5 Å².